The van der Waals surface area contributed by atoms with Gasteiger partial charge in [0.2, 0.25) is 0 Å². The molecule has 0 heterocycles. The highest BCUT2D eigenvalue weighted by Gasteiger charge is 2.46. The molecule has 1 fully saturated rings. The van der Waals surface area contributed by atoms with Crippen molar-refractivity contribution in [2.45, 2.75) is 24.9 Å². The van der Waals surface area contributed by atoms with Crippen LogP contribution in [0.15, 0.2) is 18.2 Å². The van der Waals surface area contributed by atoms with Crippen molar-refractivity contribution in [2.24, 2.45) is 5.73 Å². The number of benzene rings is 1. The molecule has 0 bridgehead atoms. The first kappa shape index (κ1) is 13.1. The van der Waals surface area contributed by atoms with E-state index >= 15 is 0 Å². The van der Waals surface area contributed by atoms with E-state index in [4.69, 9.17) is 15.2 Å². The zero-order valence-corrected chi connectivity index (χ0v) is 10.4. The van der Waals surface area contributed by atoms with Crippen LogP contribution in [0.1, 0.15) is 18.4 Å². The lowest BCUT2D eigenvalue weighted by atomic mass is 10.1. The predicted octanol–water partition coefficient (Wildman–Crippen LogP) is 1.77. The van der Waals surface area contributed by atoms with E-state index in [1.165, 1.54) is 19.2 Å². The van der Waals surface area contributed by atoms with Crippen molar-refractivity contribution >= 4 is 11.8 Å². The Labute approximate surface area is 109 Å². The summed E-state index contributed by atoms with van der Waals surface area (Å²) in [6.45, 7) is 0. The van der Waals surface area contributed by atoms with Crippen LogP contribution >= 0.6 is 0 Å². The number of nitro groups is 1. The number of primary amides is 1. The van der Waals surface area contributed by atoms with Crippen LogP contribution in [0.3, 0.4) is 0 Å². The number of ether oxygens (including phenoxy) is 2. The van der Waals surface area contributed by atoms with Crippen LogP contribution in [0.25, 0.3) is 0 Å². The highest BCUT2D eigenvalue weighted by Crippen LogP contribution is 2.43. The van der Waals surface area contributed by atoms with Crippen LogP contribution < -0.4 is 10.5 Å². The van der Waals surface area contributed by atoms with Crippen LogP contribution in [-0.2, 0) is 11.2 Å². The van der Waals surface area contributed by atoms with E-state index in [2.05, 4.69) is 0 Å². The maximum Gasteiger partial charge on any atom is 0.405 e. The number of carbonyl (C=O) groups is 1. The van der Waals surface area contributed by atoms with Gasteiger partial charge in [-0.25, -0.2) is 4.79 Å². The average molecular weight is 266 g/mol. The fourth-order valence-corrected chi connectivity index (χ4v) is 2.03. The van der Waals surface area contributed by atoms with Gasteiger partial charge in [0.25, 0.3) is 0 Å². The normalized spacial score (nSPS) is 15.6. The molecule has 7 heteroatoms. The molecule has 102 valence electrons. The largest absolute Gasteiger partial charge is 0.490 e. The number of amides is 1. The quantitative estimate of drug-likeness (QED) is 0.646. The summed E-state index contributed by atoms with van der Waals surface area (Å²) in [4.78, 5) is 21.2. The van der Waals surface area contributed by atoms with Gasteiger partial charge in [-0.3, -0.25) is 10.1 Å². The minimum atomic E-state index is -0.819. The van der Waals surface area contributed by atoms with Crippen LogP contribution in [0.5, 0.6) is 5.75 Å². The third-order valence-electron chi connectivity index (χ3n) is 3.09. The Bertz CT molecular complexity index is 525. The topological polar surface area (TPSA) is 105 Å². The van der Waals surface area contributed by atoms with E-state index in [9.17, 15) is 14.9 Å². The van der Waals surface area contributed by atoms with Gasteiger partial charge in [0.05, 0.1) is 12.0 Å². The molecule has 1 aliphatic carbocycles. The van der Waals surface area contributed by atoms with Crippen molar-refractivity contribution in [2.75, 3.05) is 7.11 Å². The van der Waals surface area contributed by atoms with Crippen LogP contribution in [0, 0.1) is 10.1 Å². The summed E-state index contributed by atoms with van der Waals surface area (Å²) in [6.07, 6.45) is 1.03. The summed E-state index contributed by atoms with van der Waals surface area (Å²) in [6, 6.07) is 4.69. The Balaban J connectivity index is 2.20. The van der Waals surface area contributed by atoms with Crippen LogP contribution in [-0.4, -0.2) is 23.7 Å². The summed E-state index contributed by atoms with van der Waals surface area (Å²) in [5.41, 5.74) is 5.03. The molecule has 1 aromatic rings. The molecule has 1 aromatic carbocycles. The molecule has 0 radical (unpaired) electrons. The molecule has 1 amide bonds. The van der Waals surface area contributed by atoms with E-state index in [1.807, 2.05) is 0 Å². The molecule has 0 aliphatic heterocycles. The lowest BCUT2D eigenvalue weighted by Crippen LogP contribution is -2.26. The molecule has 0 saturated heterocycles. The molecule has 2 N–H and O–H groups in total. The van der Waals surface area contributed by atoms with Crippen molar-refractivity contribution in [3.05, 3.63) is 33.9 Å². The van der Waals surface area contributed by atoms with E-state index in [1.54, 1.807) is 6.07 Å². The number of nitrogens with zero attached hydrogens (tertiary/aromatic N) is 1. The van der Waals surface area contributed by atoms with E-state index < -0.39 is 16.6 Å². The molecule has 1 aliphatic rings. The maximum atomic E-state index is 10.9. The number of nitrogens with two attached hydrogens (primary N) is 1. The number of hydrogen-bond donors (Lipinski definition) is 1. The second-order valence-corrected chi connectivity index (χ2v) is 4.54. The fourth-order valence-electron chi connectivity index (χ4n) is 2.03. The summed E-state index contributed by atoms with van der Waals surface area (Å²) < 4.78 is 9.97. The van der Waals surface area contributed by atoms with E-state index in [-0.39, 0.29) is 11.4 Å². The first-order chi connectivity index (χ1) is 8.96. The molecule has 19 heavy (non-hydrogen) atoms. The summed E-state index contributed by atoms with van der Waals surface area (Å²) in [5.74, 6) is 0.203. The van der Waals surface area contributed by atoms with Crippen molar-refractivity contribution in [3.63, 3.8) is 0 Å². The van der Waals surface area contributed by atoms with Gasteiger partial charge >= 0.3 is 11.8 Å². The zero-order chi connectivity index (χ0) is 14.0. The zero-order valence-electron chi connectivity index (χ0n) is 10.4. The molecule has 2 rings (SSSR count). The monoisotopic (exact) mass is 266 g/mol. The minimum Gasteiger partial charge on any atom is -0.490 e. The molecule has 0 unspecified atom stereocenters. The van der Waals surface area contributed by atoms with Crippen molar-refractivity contribution < 1.29 is 19.2 Å². The Hall–Kier alpha value is -2.31. The lowest BCUT2D eigenvalue weighted by Gasteiger charge is -2.15. The SMILES string of the molecule is COc1ccc(CC2(OC(N)=O)CC2)cc1[N+](=O)[O-]. The average Bonchev–Trinajstić information content (AvgIpc) is 3.07. The Morgan fingerprint density at radius 2 is 2.21 bits per heavy atom. The number of nitro benzene ring substituents is 1. The second kappa shape index (κ2) is 4.75. The lowest BCUT2D eigenvalue weighted by molar-refractivity contribution is -0.385. The van der Waals surface area contributed by atoms with Gasteiger partial charge in [-0.15, -0.1) is 0 Å². The first-order valence-corrected chi connectivity index (χ1v) is 5.75. The molecular weight excluding hydrogens is 252 g/mol. The molecule has 0 spiro atoms. The second-order valence-electron chi connectivity index (χ2n) is 4.54. The van der Waals surface area contributed by atoms with E-state index in [0.717, 1.165) is 12.8 Å². The van der Waals surface area contributed by atoms with Crippen LogP contribution in [0.2, 0.25) is 0 Å². The van der Waals surface area contributed by atoms with E-state index in [0.29, 0.717) is 12.0 Å². The number of carbonyl (C=O) groups excluding carboxylic acids is 1. The van der Waals surface area contributed by atoms with Gasteiger partial charge in [-0.05, 0) is 24.5 Å². The molecule has 1 saturated carbocycles. The fraction of sp³-hybridized carbons (Fsp3) is 0.417. The Morgan fingerprint density at radius 1 is 1.53 bits per heavy atom. The minimum absolute atomic E-state index is 0.102. The van der Waals surface area contributed by atoms with Crippen molar-refractivity contribution in [1.82, 2.24) is 0 Å². The third kappa shape index (κ3) is 2.93. The smallest absolute Gasteiger partial charge is 0.405 e. The van der Waals surface area contributed by atoms with Gasteiger partial charge in [-0.2, -0.15) is 0 Å². The third-order valence-corrected chi connectivity index (χ3v) is 3.09. The summed E-state index contributed by atoms with van der Waals surface area (Å²) in [7, 11) is 1.38. The first-order valence-electron chi connectivity index (χ1n) is 5.75. The van der Waals surface area contributed by atoms with Gasteiger partial charge in [-0.1, -0.05) is 6.07 Å². The molecule has 0 atom stereocenters. The summed E-state index contributed by atoms with van der Waals surface area (Å²) in [5, 5.41) is 10.9. The van der Waals surface area contributed by atoms with Crippen LogP contribution in [0.4, 0.5) is 10.5 Å². The molecule has 7 nitrogen and oxygen atoms in total. The highest BCUT2D eigenvalue weighted by atomic mass is 16.6. The predicted molar refractivity (Wildman–Crippen MR) is 66.0 cm³/mol. The van der Waals surface area contributed by atoms with Crippen molar-refractivity contribution in [1.29, 1.82) is 0 Å². The van der Waals surface area contributed by atoms with Gasteiger partial charge in [0.1, 0.15) is 5.60 Å². The summed E-state index contributed by atoms with van der Waals surface area (Å²) >= 11 is 0. The maximum absolute atomic E-state index is 10.9. The number of rotatable bonds is 5. The van der Waals surface area contributed by atoms with Gasteiger partial charge in [0, 0.05) is 12.5 Å². The number of hydrogen-bond acceptors (Lipinski definition) is 5. The standard InChI is InChI=1S/C12H14N2O5/c1-18-10-3-2-8(6-9(10)14(16)17)7-12(4-5-12)19-11(13)15/h2-3,6H,4-5,7H2,1H3,(H2,13,15). The molecule has 0 aromatic heterocycles. The van der Waals surface area contributed by atoms with Gasteiger partial charge in [0.15, 0.2) is 5.75 Å². The number of methoxy groups -OCH3 is 1. The Morgan fingerprint density at radius 3 is 2.68 bits per heavy atom. The van der Waals surface area contributed by atoms with Gasteiger partial charge < -0.3 is 15.2 Å². The Kier molecular flexibility index (Phi) is 3.28. The highest BCUT2D eigenvalue weighted by molar-refractivity contribution is 5.65. The molecular formula is C12H14N2O5. The van der Waals surface area contributed by atoms with Crippen molar-refractivity contribution in [3.8, 4) is 5.75 Å².